The average Bonchev–Trinajstić information content (AvgIpc) is 3.13. The topological polar surface area (TPSA) is 92.1 Å². The van der Waals surface area contributed by atoms with E-state index in [9.17, 15) is 14.3 Å². The number of aryl methyl sites for hydroxylation is 1. The molecule has 1 amide bonds. The number of fused-ring (bicyclic) bond motifs is 1. The van der Waals surface area contributed by atoms with E-state index in [0.29, 0.717) is 35.6 Å². The van der Waals surface area contributed by atoms with Gasteiger partial charge >= 0.3 is 0 Å². The van der Waals surface area contributed by atoms with Gasteiger partial charge in [-0.3, -0.25) is 4.79 Å². The molecule has 152 valence electrons. The van der Waals surface area contributed by atoms with Crippen LogP contribution in [0, 0.1) is 5.82 Å². The summed E-state index contributed by atoms with van der Waals surface area (Å²) in [6, 6.07) is 5.68. The standard InChI is InChI=1S/C21H24FN5O2/c1-2-27-20-17(12-24-27)19(25-15-4-3-5-16(28)10-15)18(11-23-20)21(29)26-14-8-6-13(22)7-9-14/h6-9,11-12,15-16,28H,2-5,10H2,1H3,(H,23,25)(H,26,29)/t15-,16+/m1/s1. The van der Waals surface area contributed by atoms with Gasteiger partial charge in [0.2, 0.25) is 0 Å². The molecule has 1 fully saturated rings. The van der Waals surface area contributed by atoms with Gasteiger partial charge < -0.3 is 15.7 Å². The van der Waals surface area contributed by atoms with E-state index >= 15 is 0 Å². The highest BCUT2D eigenvalue weighted by atomic mass is 19.1. The van der Waals surface area contributed by atoms with Gasteiger partial charge in [-0.15, -0.1) is 0 Å². The number of amides is 1. The van der Waals surface area contributed by atoms with Crippen molar-refractivity contribution in [2.75, 3.05) is 10.6 Å². The first-order chi connectivity index (χ1) is 14.0. The van der Waals surface area contributed by atoms with Crippen LogP contribution in [0.5, 0.6) is 0 Å². The van der Waals surface area contributed by atoms with Crippen molar-refractivity contribution in [3.05, 3.63) is 48.0 Å². The molecule has 1 aromatic carbocycles. The Morgan fingerprint density at radius 2 is 2.07 bits per heavy atom. The van der Waals surface area contributed by atoms with Gasteiger partial charge in [-0.2, -0.15) is 5.10 Å². The van der Waals surface area contributed by atoms with Gasteiger partial charge in [0.1, 0.15) is 5.82 Å². The molecular weight excluding hydrogens is 373 g/mol. The Morgan fingerprint density at radius 3 is 2.79 bits per heavy atom. The molecule has 3 N–H and O–H groups in total. The fraction of sp³-hybridized carbons (Fsp3) is 0.381. The lowest BCUT2D eigenvalue weighted by Gasteiger charge is -2.28. The number of hydrogen-bond acceptors (Lipinski definition) is 5. The SMILES string of the molecule is CCn1ncc2c(N[C@@H]3CCC[C@H](O)C3)c(C(=O)Nc3ccc(F)cc3)cnc21. The van der Waals surface area contributed by atoms with Gasteiger partial charge in [0.15, 0.2) is 5.65 Å². The van der Waals surface area contributed by atoms with E-state index in [1.54, 1.807) is 10.9 Å². The van der Waals surface area contributed by atoms with Crippen LogP contribution in [-0.4, -0.2) is 37.9 Å². The minimum Gasteiger partial charge on any atom is -0.393 e. The van der Waals surface area contributed by atoms with Crippen molar-refractivity contribution in [2.24, 2.45) is 0 Å². The van der Waals surface area contributed by atoms with Gasteiger partial charge in [0, 0.05) is 24.5 Å². The Labute approximate surface area is 167 Å². The Bertz CT molecular complexity index is 1020. The second kappa shape index (κ2) is 8.16. The summed E-state index contributed by atoms with van der Waals surface area (Å²) < 4.78 is 14.9. The van der Waals surface area contributed by atoms with Gasteiger partial charge in [0.05, 0.1) is 28.9 Å². The zero-order chi connectivity index (χ0) is 20.4. The maximum Gasteiger partial charge on any atom is 0.259 e. The van der Waals surface area contributed by atoms with E-state index in [0.717, 1.165) is 24.6 Å². The molecular formula is C21H24FN5O2. The molecule has 0 aliphatic heterocycles. The van der Waals surface area contributed by atoms with Gasteiger partial charge in [-0.25, -0.2) is 14.1 Å². The molecule has 0 spiro atoms. The lowest BCUT2D eigenvalue weighted by Crippen LogP contribution is -2.31. The number of halogens is 1. The second-order valence-corrected chi connectivity index (χ2v) is 7.37. The Balaban J connectivity index is 1.69. The first-order valence-electron chi connectivity index (χ1n) is 9.91. The highest BCUT2D eigenvalue weighted by Crippen LogP contribution is 2.30. The maximum atomic E-state index is 13.2. The summed E-state index contributed by atoms with van der Waals surface area (Å²) in [7, 11) is 0. The van der Waals surface area contributed by atoms with Crippen molar-refractivity contribution in [3.8, 4) is 0 Å². The van der Waals surface area contributed by atoms with E-state index < -0.39 is 0 Å². The van der Waals surface area contributed by atoms with Crippen LogP contribution >= 0.6 is 0 Å². The normalized spacial score (nSPS) is 19.3. The number of aromatic nitrogens is 3. The fourth-order valence-corrected chi connectivity index (χ4v) is 3.82. The molecule has 2 heterocycles. The van der Waals surface area contributed by atoms with E-state index in [1.807, 2.05) is 6.92 Å². The number of benzene rings is 1. The molecule has 3 aromatic rings. The van der Waals surface area contributed by atoms with E-state index in [-0.39, 0.29) is 23.9 Å². The van der Waals surface area contributed by atoms with Crippen LogP contribution < -0.4 is 10.6 Å². The molecule has 4 rings (SSSR count). The maximum absolute atomic E-state index is 13.2. The lowest BCUT2D eigenvalue weighted by atomic mass is 9.92. The summed E-state index contributed by atoms with van der Waals surface area (Å²) in [5.74, 6) is -0.703. The van der Waals surface area contributed by atoms with Crippen molar-refractivity contribution >= 4 is 28.3 Å². The first kappa shape index (κ1) is 19.3. The summed E-state index contributed by atoms with van der Waals surface area (Å²) in [4.78, 5) is 17.4. The third-order valence-electron chi connectivity index (χ3n) is 5.31. The van der Waals surface area contributed by atoms with Gasteiger partial charge in [-0.05, 0) is 56.9 Å². The smallest absolute Gasteiger partial charge is 0.259 e. The zero-order valence-electron chi connectivity index (χ0n) is 16.2. The number of carbonyl (C=O) groups excluding carboxylic acids is 1. The quantitative estimate of drug-likeness (QED) is 0.612. The van der Waals surface area contributed by atoms with E-state index in [2.05, 4.69) is 20.7 Å². The molecule has 0 saturated heterocycles. The summed E-state index contributed by atoms with van der Waals surface area (Å²) in [6.45, 7) is 2.65. The van der Waals surface area contributed by atoms with Crippen molar-refractivity contribution in [2.45, 2.75) is 51.3 Å². The van der Waals surface area contributed by atoms with Crippen LogP contribution in [0.2, 0.25) is 0 Å². The number of hydrogen-bond donors (Lipinski definition) is 3. The number of aliphatic hydroxyl groups excluding tert-OH is 1. The Hall–Kier alpha value is -3.00. The molecule has 1 aliphatic carbocycles. The van der Waals surface area contributed by atoms with E-state index in [1.165, 1.54) is 30.5 Å². The Morgan fingerprint density at radius 1 is 1.28 bits per heavy atom. The van der Waals surface area contributed by atoms with Crippen molar-refractivity contribution in [1.29, 1.82) is 0 Å². The molecule has 8 heteroatoms. The molecule has 0 bridgehead atoms. The number of nitrogens with one attached hydrogen (secondary N) is 2. The zero-order valence-corrected chi connectivity index (χ0v) is 16.2. The van der Waals surface area contributed by atoms with Gasteiger partial charge in [-0.1, -0.05) is 0 Å². The van der Waals surface area contributed by atoms with Crippen molar-refractivity contribution in [1.82, 2.24) is 14.8 Å². The van der Waals surface area contributed by atoms with E-state index in [4.69, 9.17) is 0 Å². The Kier molecular flexibility index (Phi) is 5.44. The third-order valence-corrected chi connectivity index (χ3v) is 5.31. The first-order valence-corrected chi connectivity index (χ1v) is 9.91. The highest BCUT2D eigenvalue weighted by Gasteiger charge is 2.24. The number of carbonyl (C=O) groups is 1. The minimum atomic E-state index is -0.365. The van der Waals surface area contributed by atoms with Gasteiger partial charge in [0.25, 0.3) is 5.91 Å². The highest BCUT2D eigenvalue weighted by molar-refractivity contribution is 6.12. The van der Waals surface area contributed by atoms with Crippen LogP contribution in [-0.2, 0) is 6.54 Å². The molecule has 1 saturated carbocycles. The minimum absolute atomic E-state index is 0.0618. The van der Waals surface area contributed by atoms with Crippen LogP contribution in [0.25, 0.3) is 11.0 Å². The number of aliphatic hydroxyl groups is 1. The number of rotatable bonds is 5. The fourth-order valence-electron chi connectivity index (χ4n) is 3.82. The third kappa shape index (κ3) is 4.07. The predicted octanol–water partition coefficient (Wildman–Crippen LogP) is 3.56. The molecule has 0 unspecified atom stereocenters. The second-order valence-electron chi connectivity index (χ2n) is 7.37. The molecule has 2 aromatic heterocycles. The van der Waals surface area contributed by atoms with Crippen molar-refractivity contribution < 1.29 is 14.3 Å². The van der Waals surface area contributed by atoms with Crippen LogP contribution in [0.15, 0.2) is 36.7 Å². The predicted molar refractivity (Wildman–Crippen MR) is 109 cm³/mol. The molecule has 29 heavy (non-hydrogen) atoms. The van der Waals surface area contributed by atoms with Crippen molar-refractivity contribution in [3.63, 3.8) is 0 Å². The average molecular weight is 397 g/mol. The molecule has 0 radical (unpaired) electrons. The van der Waals surface area contributed by atoms with Crippen LogP contribution in [0.4, 0.5) is 15.8 Å². The molecule has 2 atom stereocenters. The summed E-state index contributed by atoms with van der Waals surface area (Å²) in [5.41, 5.74) is 2.25. The largest absolute Gasteiger partial charge is 0.393 e. The monoisotopic (exact) mass is 397 g/mol. The summed E-state index contributed by atoms with van der Waals surface area (Å²) in [5, 5.41) is 21.4. The van der Waals surface area contributed by atoms with Crippen LogP contribution in [0.3, 0.4) is 0 Å². The number of anilines is 2. The summed E-state index contributed by atoms with van der Waals surface area (Å²) in [6.07, 6.45) is 6.19. The summed E-state index contributed by atoms with van der Waals surface area (Å²) >= 11 is 0. The molecule has 7 nitrogen and oxygen atoms in total. The molecule has 1 aliphatic rings. The lowest BCUT2D eigenvalue weighted by molar-refractivity contribution is 0.102. The number of pyridine rings is 1. The van der Waals surface area contributed by atoms with Crippen LogP contribution in [0.1, 0.15) is 43.0 Å². The number of nitrogens with zero attached hydrogens (tertiary/aromatic N) is 3.